The van der Waals surface area contributed by atoms with Gasteiger partial charge in [0.1, 0.15) is 0 Å². The number of carbonyl (C=O) groups is 1. The second-order valence-electron chi connectivity index (χ2n) is 6.96. The van der Waals surface area contributed by atoms with Gasteiger partial charge in [0.05, 0.1) is 0 Å². The molecule has 0 saturated carbocycles. The van der Waals surface area contributed by atoms with Gasteiger partial charge >= 0.3 is 0 Å². The first-order chi connectivity index (χ1) is 10.2. The Morgan fingerprint density at radius 3 is 2.95 bits per heavy atom. The zero-order valence-corrected chi connectivity index (χ0v) is 12.8. The Hall–Kier alpha value is -1.35. The lowest BCUT2D eigenvalue weighted by Crippen LogP contribution is -2.48. The molecule has 1 amide bonds. The van der Waals surface area contributed by atoms with Gasteiger partial charge in [-0.05, 0) is 68.8 Å². The van der Waals surface area contributed by atoms with Crippen LogP contribution in [0.1, 0.15) is 40.7 Å². The topological polar surface area (TPSA) is 23.6 Å². The predicted molar refractivity (Wildman–Crippen MR) is 83.5 cm³/mol. The van der Waals surface area contributed by atoms with E-state index in [0.717, 1.165) is 37.4 Å². The van der Waals surface area contributed by atoms with Crippen molar-refractivity contribution in [2.45, 2.75) is 38.1 Å². The second kappa shape index (κ2) is 5.13. The van der Waals surface area contributed by atoms with Crippen LogP contribution in [0.15, 0.2) is 18.2 Å². The van der Waals surface area contributed by atoms with Gasteiger partial charge in [-0.2, -0.15) is 0 Å². The summed E-state index contributed by atoms with van der Waals surface area (Å²) >= 11 is 0. The summed E-state index contributed by atoms with van der Waals surface area (Å²) in [6.45, 7) is 3.18. The van der Waals surface area contributed by atoms with Crippen LogP contribution in [0.2, 0.25) is 0 Å². The number of hydrogen-bond acceptors (Lipinski definition) is 2. The maximum atomic E-state index is 13.1. The molecule has 4 rings (SSSR count). The number of fused-ring (bicyclic) bond motifs is 2. The van der Waals surface area contributed by atoms with E-state index in [1.54, 1.807) is 0 Å². The van der Waals surface area contributed by atoms with Crippen molar-refractivity contribution < 1.29 is 4.79 Å². The van der Waals surface area contributed by atoms with E-state index >= 15 is 0 Å². The summed E-state index contributed by atoms with van der Waals surface area (Å²) in [6, 6.07) is 6.75. The van der Waals surface area contributed by atoms with E-state index in [9.17, 15) is 4.79 Å². The average molecular weight is 284 g/mol. The van der Waals surface area contributed by atoms with Gasteiger partial charge in [0.15, 0.2) is 0 Å². The van der Waals surface area contributed by atoms with Gasteiger partial charge in [-0.1, -0.05) is 12.1 Å². The molecule has 1 aromatic rings. The van der Waals surface area contributed by atoms with E-state index in [4.69, 9.17) is 0 Å². The molecule has 3 aliphatic rings. The lowest BCUT2D eigenvalue weighted by Gasteiger charge is -2.36. The molecule has 3 nitrogen and oxygen atoms in total. The third kappa shape index (κ3) is 2.18. The molecule has 2 heterocycles. The molecule has 0 unspecified atom stereocenters. The van der Waals surface area contributed by atoms with Crippen LogP contribution in [0.5, 0.6) is 0 Å². The summed E-state index contributed by atoms with van der Waals surface area (Å²) in [5, 5.41) is 0. The smallest absolute Gasteiger partial charge is 0.254 e. The number of piperidine rings is 1. The highest BCUT2D eigenvalue weighted by Gasteiger charge is 2.40. The summed E-state index contributed by atoms with van der Waals surface area (Å²) in [5.41, 5.74) is 3.71. The SMILES string of the molecule is CN1CC[C@H]2CCN(C(=O)c3cccc4c3CCC4)[C@H]2C1. The number of benzene rings is 1. The number of rotatable bonds is 1. The number of amides is 1. The second-order valence-corrected chi connectivity index (χ2v) is 6.96. The number of nitrogens with zero attached hydrogens (tertiary/aromatic N) is 2. The van der Waals surface area contributed by atoms with Crippen LogP contribution in [0.3, 0.4) is 0 Å². The summed E-state index contributed by atoms with van der Waals surface area (Å²) in [4.78, 5) is 17.6. The highest BCUT2D eigenvalue weighted by atomic mass is 16.2. The molecule has 3 heteroatoms. The van der Waals surface area contributed by atoms with Crippen LogP contribution in [0, 0.1) is 5.92 Å². The van der Waals surface area contributed by atoms with Gasteiger partial charge in [0.25, 0.3) is 5.91 Å². The van der Waals surface area contributed by atoms with E-state index in [1.807, 2.05) is 6.07 Å². The van der Waals surface area contributed by atoms with Crippen LogP contribution in [-0.4, -0.2) is 48.4 Å². The third-order valence-corrected chi connectivity index (χ3v) is 5.70. The minimum atomic E-state index is 0.288. The molecule has 2 saturated heterocycles. The molecule has 0 radical (unpaired) electrons. The maximum absolute atomic E-state index is 13.1. The van der Waals surface area contributed by atoms with Crippen molar-refractivity contribution in [1.29, 1.82) is 0 Å². The molecular formula is C18H24N2O. The van der Waals surface area contributed by atoms with Crippen LogP contribution < -0.4 is 0 Å². The van der Waals surface area contributed by atoms with Crippen molar-refractivity contribution in [2.75, 3.05) is 26.7 Å². The molecule has 1 aromatic carbocycles. The van der Waals surface area contributed by atoms with Crippen molar-refractivity contribution in [2.24, 2.45) is 5.92 Å². The normalized spacial score (nSPS) is 28.5. The van der Waals surface area contributed by atoms with Gasteiger partial charge in [0, 0.05) is 24.7 Å². The Morgan fingerprint density at radius 1 is 1.19 bits per heavy atom. The fourth-order valence-corrected chi connectivity index (χ4v) is 4.53. The van der Waals surface area contributed by atoms with Crippen molar-refractivity contribution >= 4 is 5.91 Å². The Bertz CT molecular complexity index is 568. The molecule has 0 N–H and O–H groups in total. The molecule has 0 spiro atoms. The number of likely N-dealkylation sites (tertiary alicyclic amines) is 2. The fraction of sp³-hybridized carbons (Fsp3) is 0.611. The molecule has 2 fully saturated rings. The van der Waals surface area contributed by atoms with Gasteiger partial charge in [-0.25, -0.2) is 0 Å². The standard InChI is InChI=1S/C18H24N2O/c1-19-10-8-14-9-11-20(17(14)12-19)18(21)16-7-3-5-13-4-2-6-15(13)16/h3,5,7,14,17H,2,4,6,8-12H2,1H3/t14-,17-/m0/s1. The Morgan fingerprint density at radius 2 is 2.05 bits per heavy atom. The Balaban J connectivity index is 1.62. The van der Waals surface area contributed by atoms with Gasteiger partial charge in [-0.15, -0.1) is 0 Å². The first-order valence-corrected chi connectivity index (χ1v) is 8.34. The molecule has 2 aliphatic heterocycles. The average Bonchev–Trinajstić information content (AvgIpc) is 3.12. The third-order valence-electron chi connectivity index (χ3n) is 5.70. The van der Waals surface area contributed by atoms with Gasteiger partial charge in [-0.3, -0.25) is 4.79 Å². The number of aryl methyl sites for hydroxylation is 1. The summed E-state index contributed by atoms with van der Waals surface area (Å²) in [5.74, 6) is 1.01. The molecule has 2 atom stereocenters. The van der Waals surface area contributed by atoms with Crippen LogP contribution in [0.25, 0.3) is 0 Å². The molecule has 1 aliphatic carbocycles. The number of likely N-dealkylation sites (N-methyl/N-ethyl adjacent to an activating group) is 1. The molecule has 0 bridgehead atoms. The van der Waals surface area contributed by atoms with Crippen molar-refractivity contribution in [1.82, 2.24) is 9.80 Å². The predicted octanol–water partition coefficient (Wildman–Crippen LogP) is 2.34. The van der Waals surface area contributed by atoms with Crippen molar-refractivity contribution in [3.8, 4) is 0 Å². The highest BCUT2D eigenvalue weighted by Crippen LogP contribution is 2.34. The van der Waals surface area contributed by atoms with E-state index < -0.39 is 0 Å². The lowest BCUT2D eigenvalue weighted by atomic mass is 9.92. The Kier molecular flexibility index (Phi) is 3.26. The molecule has 21 heavy (non-hydrogen) atoms. The van der Waals surface area contributed by atoms with E-state index in [2.05, 4.69) is 29.0 Å². The summed E-state index contributed by atoms with van der Waals surface area (Å²) in [6.07, 6.45) is 5.87. The first-order valence-electron chi connectivity index (χ1n) is 8.34. The largest absolute Gasteiger partial charge is 0.334 e. The van der Waals surface area contributed by atoms with Gasteiger partial charge < -0.3 is 9.80 Å². The number of hydrogen-bond donors (Lipinski definition) is 0. The van der Waals surface area contributed by atoms with Gasteiger partial charge in [0.2, 0.25) is 0 Å². The Labute approximate surface area is 126 Å². The van der Waals surface area contributed by atoms with E-state index in [0.29, 0.717) is 6.04 Å². The monoisotopic (exact) mass is 284 g/mol. The van der Waals surface area contributed by atoms with Crippen molar-refractivity contribution in [3.63, 3.8) is 0 Å². The fourth-order valence-electron chi connectivity index (χ4n) is 4.53. The maximum Gasteiger partial charge on any atom is 0.254 e. The summed E-state index contributed by atoms with van der Waals surface area (Å²) < 4.78 is 0. The van der Waals surface area contributed by atoms with Crippen LogP contribution in [0.4, 0.5) is 0 Å². The minimum Gasteiger partial charge on any atom is -0.334 e. The van der Waals surface area contributed by atoms with Crippen molar-refractivity contribution in [3.05, 3.63) is 34.9 Å². The molecule has 112 valence electrons. The molecule has 0 aromatic heterocycles. The number of carbonyl (C=O) groups excluding carboxylic acids is 1. The van der Waals surface area contributed by atoms with E-state index in [1.165, 1.54) is 36.9 Å². The van der Waals surface area contributed by atoms with Crippen LogP contribution >= 0.6 is 0 Å². The quantitative estimate of drug-likeness (QED) is 0.790. The lowest BCUT2D eigenvalue weighted by molar-refractivity contribution is 0.0630. The minimum absolute atomic E-state index is 0.288. The summed E-state index contributed by atoms with van der Waals surface area (Å²) in [7, 11) is 2.18. The van der Waals surface area contributed by atoms with E-state index in [-0.39, 0.29) is 5.91 Å². The molecular weight excluding hydrogens is 260 g/mol. The zero-order valence-electron chi connectivity index (χ0n) is 12.8. The first kappa shape index (κ1) is 13.3. The van der Waals surface area contributed by atoms with Crippen LogP contribution in [-0.2, 0) is 12.8 Å². The highest BCUT2D eigenvalue weighted by molar-refractivity contribution is 5.96. The zero-order chi connectivity index (χ0) is 14.4.